The van der Waals surface area contributed by atoms with Crippen LogP contribution in [0.1, 0.15) is 41.8 Å². The van der Waals surface area contributed by atoms with Gasteiger partial charge in [-0.3, -0.25) is 9.79 Å². The van der Waals surface area contributed by atoms with Crippen LogP contribution in [0.2, 0.25) is 0 Å². The molecule has 130 valence electrons. The van der Waals surface area contributed by atoms with Crippen molar-refractivity contribution in [2.45, 2.75) is 39.0 Å². The second-order valence-corrected chi connectivity index (χ2v) is 8.14. The number of thioether (sulfide) groups is 1. The zero-order valence-electron chi connectivity index (χ0n) is 14.2. The number of thiophene rings is 1. The zero-order valence-corrected chi connectivity index (χ0v) is 15.9. The topological polar surface area (TPSA) is 110 Å². The van der Waals surface area contributed by atoms with Gasteiger partial charge in [0.05, 0.1) is 23.8 Å². The van der Waals surface area contributed by atoms with Crippen LogP contribution in [0, 0.1) is 6.92 Å². The fourth-order valence-electron chi connectivity index (χ4n) is 2.05. The number of hydrogen-bond acceptors (Lipinski definition) is 7. The second kappa shape index (κ2) is 6.94. The van der Waals surface area contributed by atoms with Crippen LogP contribution < -0.4 is 11.3 Å². The first kappa shape index (κ1) is 18.5. The van der Waals surface area contributed by atoms with Gasteiger partial charge in [0.15, 0.2) is 5.17 Å². The minimum absolute atomic E-state index is 0.262. The van der Waals surface area contributed by atoms with Crippen LogP contribution in [-0.4, -0.2) is 33.8 Å². The fraction of sp³-hybridized carbons (Fsp3) is 0.467. The number of aromatic amines is 1. The summed E-state index contributed by atoms with van der Waals surface area (Å²) in [6.45, 7) is 7.57. The lowest BCUT2D eigenvalue weighted by atomic mass is 10.1. The maximum Gasteiger partial charge on any atom is 0.348 e. The number of fused-ring (bicyclic) bond motifs is 1. The number of rotatable bonds is 3. The molecule has 0 radical (unpaired) electrons. The van der Waals surface area contributed by atoms with E-state index in [9.17, 15) is 9.59 Å². The van der Waals surface area contributed by atoms with Gasteiger partial charge < -0.3 is 15.5 Å². The van der Waals surface area contributed by atoms with E-state index in [1.165, 1.54) is 18.9 Å². The van der Waals surface area contributed by atoms with E-state index in [2.05, 4.69) is 15.0 Å². The van der Waals surface area contributed by atoms with Crippen LogP contribution in [0.3, 0.4) is 0 Å². The van der Waals surface area contributed by atoms with Crippen LogP contribution in [0.4, 0.5) is 0 Å². The Morgan fingerprint density at radius 2 is 2.12 bits per heavy atom. The molecule has 0 saturated carbocycles. The molecule has 0 amide bonds. The van der Waals surface area contributed by atoms with Crippen molar-refractivity contribution in [3.05, 3.63) is 26.6 Å². The molecule has 0 aliphatic rings. The van der Waals surface area contributed by atoms with Crippen LogP contribution in [-0.2, 0) is 10.5 Å². The standard InChI is InChI=1S/C15H20N4O3S2/c1-7-9-11(20)17-8(6-23-14(16)19-15(2,3)4)18-12(9)24-10(7)13(21)22-5/h6H2,1-5H3,(H2,16,19)(H,17,18,20). The number of nitrogens with two attached hydrogens (primary N) is 1. The molecule has 2 heterocycles. The number of carbonyl (C=O) groups excluding carboxylic acids is 1. The fourth-order valence-corrected chi connectivity index (χ4v) is 3.93. The van der Waals surface area contributed by atoms with Gasteiger partial charge in [0.25, 0.3) is 5.56 Å². The molecule has 3 N–H and O–H groups in total. The zero-order chi connectivity index (χ0) is 18.1. The highest BCUT2D eigenvalue weighted by Gasteiger charge is 2.19. The van der Waals surface area contributed by atoms with Crippen molar-refractivity contribution < 1.29 is 9.53 Å². The first-order chi connectivity index (χ1) is 11.1. The largest absolute Gasteiger partial charge is 0.465 e. The van der Waals surface area contributed by atoms with Gasteiger partial charge in [0.2, 0.25) is 0 Å². The number of ether oxygens (including phenoxy) is 1. The minimum Gasteiger partial charge on any atom is -0.465 e. The molecule has 0 aliphatic heterocycles. The Morgan fingerprint density at radius 3 is 2.71 bits per heavy atom. The summed E-state index contributed by atoms with van der Waals surface area (Å²) in [4.78, 5) is 36.5. The average Bonchev–Trinajstić information content (AvgIpc) is 2.80. The summed E-state index contributed by atoms with van der Waals surface area (Å²) in [5.41, 5.74) is 5.93. The van der Waals surface area contributed by atoms with Crippen molar-refractivity contribution in [3.63, 3.8) is 0 Å². The highest BCUT2D eigenvalue weighted by Crippen LogP contribution is 2.27. The molecule has 0 bridgehead atoms. The number of hydrogen-bond donors (Lipinski definition) is 2. The minimum atomic E-state index is -0.465. The van der Waals surface area contributed by atoms with Crippen molar-refractivity contribution in [1.82, 2.24) is 9.97 Å². The molecule has 24 heavy (non-hydrogen) atoms. The maximum atomic E-state index is 12.3. The summed E-state index contributed by atoms with van der Waals surface area (Å²) < 4.78 is 4.74. The third-order valence-corrected chi connectivity index (χ3v) is 4.99. The molecule has 0 fully saturated rings. The number of H-pyrrole nitrogens is 1. The Balaban J connectivity index is 2.33. The van der Waals surface area contributed by atoms with E-state index in [0.717, 1.165) is 11.3 Å². The van der Waals surface area contributed by atoms with Gasteiger partial charge in [-0.05, 0) is 33.3 Å². The Hall–Kier alpha value is -1.87. The van der Waals surface area contributed by atoms with Gasteiger partial charge in [-0.25, -0.2) is 9.78 Å². The second-order valence-electron chi connectivity index (χ2n) is 6.15. The predicted molar refractivity (Wildman–Crippen MR) is 99.0 cm³/mol. The Labute approximate surface area is 147 Å². The summed E-state index contributed by atoms with van der Waals surface area (Å²) >= 11 is 2.46. The number of esters is 1. The number of aryl methyl sites for hydroxylation is 1. The monoisotopic (exact) mass is 368 g/mol. The predicted octanol–water partition coefficient (Wildman–Crippen LogP) is 2.43. The normalized spacial score (nSPS) is 12.6. The summed E-state index contributed by atoms with van der Waals surface area (Å²) in [6.07, 6.45) is 0. The number of nitrogens with one attached hydrogen (secondary N) is 1. The van der Waals surface area contributed by atoms with E-state index in [4.69, 9.17) is 10.5 Å². The molecule has 9 heteroatoms. The number of methoxy groups -OCH3 is 1. The van der Waals surface area contributed by atoms with E-state index in [1.807, 2.05) is 20.8 Å². The highest BCUT2D eigenvalue weighted by atomic mass is 32.2. The molecule has 0 unspecified atom stereocenters. The van der Waals surface area contributed by atoms with Crippen molar-refractivity contribution in [2.24, 2.45) is 10.7 Å². The number of amidine groups is 1. The number of carbonyl (C=O) groups is 1. The average molecular weight is 368 g/mol. The lowest BCUT2D eigenvalue weighted by Gasteiger charge is -2.12. The third kappa shape index (κ3) is 4.15. The quantitative estimate of drug-likeness (QED) is 0.489. The van der Waals surface area contributed by atoms with E-state index in [-0.39, 0.29) is 11.1 Å². The van der Waals surface area contributed by atoms with Gasteiger partial charge in [-0.1, -0.05) is 11.8 Å². The van der Waals surface area contributed by atoms with E-state index in [1.54, 1.807) is 6.92 Å². The van der Waals surface area contributed by atoms with Gasteiger partial charge in [0.1, 0.15) is 15.5 Å². The molecule has 7 nitrogen and oxygen atoms in total. The van der Waals surface area contributed by atoms with Crippen LogP contribution in [0.15, 0.2) is 9.79 Å². The molecule has 2 aromatic heterocycles. The summed E-state index contributed by atoms with van der Waals surface area (Å²) in [6, 6.07) is 0. The van der Waals surface area contributed by atoms with Crippen molar-refractivity contribution >= 4 is 44.5 Å². The lowest BCUT2D eigenvalue weighted by molar-refractivity contribution is 0.0605. The first-order valence-corrected chi connectivity index (χ1v) is 9.01. The molecular formula is C15H20N4O3S2. The van der Waals surface area contributed by atoms with E-state index in [0.29, 0.717) is 37.4 Å². The molecule has 0 spiro atoms. The molecular weight excluding hydrogens is 348 g/mol. The number of aromatic nitrogens is 2. The molecule has 0 saturated heterocycles. The van der Waals surface area contributed by atoms with Crippen molar-refractivity contribution in [3.8, 4) is 0 Å². The van der Waals surface area contributed by atoms with Gasteiger partial charge in [-0.2, -0.15) is 0 Å². The van der Waals surface area contributed by atoms with E-state index < -0.39 is 5.97 Å². The van der Waals surface area contributed by atoms with E-state index >= 15 is 0 Å². The molecule has 0 atom stereocenters. The molecule has 2 rings (SSSR count). The lowest BCUT2D eigenvalue weighted by Crippen LogP contribution is -2.18. The van der Waals surface area contributed by atoms with Gasteiger partial charge in [0, 0.05) is 0 Å². The molecule has 2 aromatic rings. The Bertz CT molecular complexity index is 862. The first-order valence-electron chi connectivity index (χ1n) is 7.21. The Kier molecular flexibility index (Phi) is 5.34. The van der Waals surface area contributed by atoms with Crippen molar-refractivity contribution in [1.29, 1.82) is 0 Å². The highest BCUT2D eigenvalue weighted by molar-refractivity contribution is 8.13. The van der Waals surface area contributed by atoms with Gasteiger partial charge >= 0.3 is 5.97 Å². The number of aliphatic imine (C=N–C) groups is 1. The maximum absolute atomic E-state index is 12.3. The molecule has 0 aromatic carbocycles. The summed E-state index contributed by atoms with van der Waals surface area (Å²) in [5.74, 6) is 0.413. The molecule has 0 aliphatic carbocycles. The Morgan fingerprint density at radius 1 is 1.46 bits per heavy atom. The third-order valence-electron chi connectivity index (χ3n) is 3.02. The smallest absolute Gasteiger partial charge is 0.348 e. The van der Waals surface area contributed by atoms with Crippen LogP contribution in [0.5, 0.6) is 0 Å². The van der Waals surface area contributed by atoms with Crippen molar-refractivity contribution in [2.75, 3.05) is 7.11 Å². The SMILES string of the molecule is COC(=O)c1sc2nc(CSC(N)=NC(C)(C)C)[nH]c(=O)c2c1C. The van der Waals surface area contributed by atoms with Crippen LogP contribution >= 0.6 is 23.1 Å². The number of nitrogens with zero attached hydrogens (tertiary/aromatic N) is 2. The summed E-state index contributed by atoms with van der Waals surface area (Å²) in [5, 5.41) is 0.855. The summed E-state index contributed by atoms with van der Waals surface area (Å²) in [7, 11) is 1.31. The van der Waals surface area contributed by atoms with Crippen LogP contribution in [0.25, 0.3) is 10.2 Å². The van der Waals surface area contributed by atoms with Gasteiger partial charge in [-0.15, -0.1) is 11.3 Å².